The van der Waals surface area contributed by atoms with Crippen LogP contribution in [0.4, 0.5) is 17.2 Å². The Morgan fingerprint density at radius 2 is 2.26 bits per heavy atom. The first-order valence-electron chi connectivity index (χ1n) is 6.11. The molecule has 0 aliphatic carbocycles. The number of nitrogens with one attached hydrogen (secondary N) is 3. The van der Waals surface area contributed by atoms with E-state index >= 15 is 0 Å². The molecule has 6 heteroatoms. The molecule has 0 spiro atoms. The van der Waals surface area contributed by atoms with Crippen LogP contribution in [0.3, 0.4) is 0 Å². The lowest BCUT2D eigenvalue weighted by Crippen LogP contribution is -2.12. The summed E-state index contributed by atoms with van der Waals surface area (Å²) in [6.45, 7) is 1.03. The van der Waals surface area contributed by atoms with Gasteiger partial charge in [0.15, 0.2) is 5.82 Å². The van der Waals surface area contributed by atoms with Crippen LogP contribution in [0.5, 0.6) is 0 Å². The standard InChI is InChI=1S/C13H13BrN4O/c14-11-12(16-7-17-13(11)19)18-9-3-4-10-8(6-9)2-1-5-15-10/h3-4,6-7,15H,1-2,5H2,(H2,16,17,18,19). The van der Waals surface area contributed by atoms with Crippen molar-refractivity contribution >= 4 is 33.1 Å². The van der Waals surface area contributed by atoms with Gasteiger partial charge < -0.3 is 15.6 Å². The summed E-state index contributed by atoms with van der Waals surface area (Å²) >= 11 is 3.23. The molecular formula is C13H13BrN4O. The number of benzene rings is 1. The molecule has 0 unspecified atom stereocenters. The van der Waals surface area contributed by atoms with E-state index in [1.165, 1.54) is 17.6 Å². The highest BCUT2D eigenvalue weighted by Gasteiger charge is 2.10. The summed E-state index contributed by atoms with van der Waals surface area (Å²) in [5.74, 6) is 0.521. The number of aryl methyl sites for hydroxylation is 1. The van der Waals surface area contributed by atoms with Crippen LogP contribution in [0.15, 0.2) is 33.8 Å². The van der Waals surface area contributed by atoms with Crippen molar-refractivity contribution in [3.8, 4) is 0 Å². The maximum absolute atomic E-state index is 11.5. The van der Waals surface area contributed by atoms with Gasteiger partial charge in [-0.15, -0.1) is 0 Å². The molecule has 1 aromatic carbocycles. The lowest BCUT2D eigenvalue weighted by Gasteiger charge is -2.19. The fourth-order valence-electron chi connectivity index (χ4n) is 2.16. The molecule has 0 atom stereocenters. The van der Waals surface area contributed by atoms with Crippen LogP contribution >= 0.6 is 15.9 Å². The van der Waals surface area contributed by atoms with Gasteiger partial charge in [-0.05, 0) is 52.5 Å². The van der Waals surface area contributed by atoms with Crippen molar-refractivity contribution in [2.45, 2.75) is 12.8 Å². The minimum Gasteiger partial charge on any atom is -0.385 e. The van der Waals surface area contributed by atoms with Gasteiger partial charge in [0.2, 0.25) is 0 Å². The predicted molar refractivity (Wildman–Crippen MR) is 79.1 cm³/mol. The number of aromatic amines is 1. The maximum atomic E-state index is 11.5. The molecule has 0 fully saturated rings. The van der Waals surface area contributed by atoms with E-state index in [9.17, 15) is 4.79 Å². The smallest absolute Gasteiger partial charge is 0.267 e. The Morgan fingerprint density at radius 3 is 3.16 bits per heavy atom. The van der Waals surface area contributed by atoms with E-state index in [1.54, 1.807) is 0 Å². The Morgan fingerprint density at radius 1 is 1.37 bits per heavy atom. The van der Waals surface area contributed by atoms with Gasteiger partial charge in [0.05, 0.1) is 6.33 Å². The van der Waals surface area contributed by atoms with Crippen LogP contribution in [0.1, 0.15) is 12.0 Å². The van der Waals surface area contributed by atoms with Crippen molar-refractivity contribution in [2.75, 3.05) is 17.2 Å². The number of anilines is 3. The van der Waals surface area contributed by atoms with Crippen LogP contribution in [-0.4, -0.2) is 16.5 Å². The van der Waals surface area contributed by atoms with Crippen molar-refractivity contribution in [3.05, 3.63) is 44.9 Å². The van der Waals surface area contributed by atoms with Gasteiger partial charge in [0, 0.05) is 17.9 Å². The number of halogens is 1. The van der Waals surface area contributed by atoms with Gasteiger partial charge in [0.25, 0.3) is 5.56 Å². The predicted octanol–water partition coefficient (Wildman–Crippen LogP) is 2.63. The van der Waals surface area contributed by atoms with E-state index in [0.717, 1.165) is 25.1 Å². The monoisotopic (exact) mass is 320 g/mol. The third-order valence-corrected chi connectivity index (χ3v) is 3.84. The molecule has 0 amide bonds. The van der Waals surface area contributed by atoms with Crippen LogP contribution in [0.25, 0.3) is 0 Å². The number of hydrogen-bond donors (Lipinski definition) is 3. The molecule has 0 bridgehead atoms. The molecule has 3 rings (SSSR count). The zero-order valence-corrected chi connectivity index (χ0v) is 11.8. The quantitative estimate of drug-likeness (QED) is 0.795. The van der Waals surface area contributed by atoms with Gasteiger partial charge in [-0.2, -0.15) is 0 Å². The maximum Gasteiger partial charge on any atom is 0.267 e. The number of H-pyrrole nitrogens is 1. The number of nitrogens with zero attached hydrogens (tertiary/aromatic N) is 1. The first kappa shape index (κ1) is 12.2. The number of fused-ring (bicyclic) bond motifs is 1. The van der Waals surface area contributed by atoms with Gasteiger partial charge in [0.1, 0.15) is 4.47 Å². The lowest BCUT2D eigenvalue weighted by molar-refractivity contribution is 0.830. The first-order valence-corrected chi connectivity index (χ1v) is 6.90. The number of rotatable bonds is 2. The minimum absolute atomic E-state index is 0.197. The van der Waals surface area contributed by atoms with Crippen molar-refractivity contribution in [2.24, 2.45) is 0 Å². The third kappa shape index (κ3) is 2.49. The number of aromatic nitrogens is 2. The first-order chi connectivity index (χ1) is 9.24. The van der Waals surface area contributed by atoms with E-state index in [0.29, 0.717) is 10.3 Å². The van der Waals surface area contributed by atoms with E-state index in [1.807, 2.05) is 6.07 Å². The molecule has 5 nitrogen and oxygen atoms in total. The second-order valence-electron chi connectivity index (χ2n) is 4.42. The molecule has 0 saturated carbocycles. The Labute approximate surface area is 118 Å². The van der Waals surface area contributed by atoms with Crippen LogP contribution in [0, 0.1) is 0 Å². The molecule has 98 valence electrons. The van der Waals surface area contributed by atoms with Gasteiger partial charge in [-0.25, -0.2) is 4.98 Å². The van der Waals surface area contributed by atoms with Crippen LogP contribution in [-0.2, 0) is 6.42 Å². The topological polar surface area (TPSA) is 69.8 Å². The average Bonchev–Trinajstić information content (AvgIpc) is 2.44. The van der Waals surface area contributed by atoms with E-state index in [4.69, 9.17) is 0 Å². The van der Waals surface area contributed by atoms with E-state index < -0.39 is 0 Å². The second-order valence-corrected chi connectivity index (χ2v) is 5.21. The van der Waals surface area contributed by atoms with E-state index in [2.05, 4.69) is 48.7 Å². The summed E-state index contributed by atoms with van der Waals surface area (Å²) < 4.78 is 0.408. The van der Waals surface area contributed by atoms with Gasteiger partial charge in [-0.1, -0.05) is 0 Å². The summed E-state index contributed by atoms with van der Waals surface area (Å²) in [5.41, 5.74) is 3.21. The van der Waals surface area contributed by atoms with Gasteiger partial charge in [-0.3, -0.25) is 4.79 Å². The largest absolute Gasteiger partial charge is 0.385 e. The Balaban J connectivity index is 1.91. The molecule has 1 aliphatic rings. The number of hydrogen-bond acceptors (Lipinski definition) is 4. The zero-order chi connectivity index (χ0) is 13.2. The van der Waals surface area contributed by atoms with Gasteiger partial charge >= 0.3 is 0 Å². The molecule has 0 radical (unpaired) electrons. The van der Waals surface area contributed by atoms with Crippen molar-refractivity contribution < 1.29 is 0 Å². The Hall–Kier alpha value is -1.82. The van der Waals surface area contributed by atoms with E-state index in [-0.39, 0.29) is 5.56 Å². The van der Waals surface area contributed by atoms with Crippen molar-refractivity contribution in [1.29, 1.82) is 0 Å². The van der Waals surface area contributed by atoms with Crippen LogP contribution < -0.4 is 16.2 Å². The third-order valence-electron chi connectivity index (χ3n) is 3.10. The normalized spacial score (nSPS) is 13.5. The molecule has 2 heterocycles. The second kappa shape index (κ2) is 5.05. The molecule has 1 aliphatic heterocycles. The SMILES string of the molecule is O=c1[nH]cnc(Nc2ccc3c(c2)CCCN3)c1Br. The van der Waals surface area contributed by atoms with Crippen molar-refractivity contribution in [1.82, 2.24) is 9.97 Å². The van der Waals surface area contributed by atoms with Crippen molar-refractivity contribution in [3.63, 3.8) is 0 Å². The molecule has 2 aromatic rings. The molecule has 19 heavy (non-hydrogen) atoms. The molecule has 0 saturated heterocycles. The summed E-state index contributed by atoms with van der Waals surface area (Å²) in [6, 6.07) is 6.13. The fraction of sp³-hybridized carbons (Fsp3) is 0.231. The molecule has 1 aromatic heterocycles. The Kier molecular flexibility index (Phi) is 3.25. The summed E-state index contributed by atoms with van der Waals surface area (Å²) in [7, 11) is 0. The Bertz CT molecular complexity index is 668. The molecular weight excluding hydrogens is 308 g/mol. The highest BCUT2D eigenvalue weighted by atomic mass is 79.9. The summed E-state index contributed by atoms with van der Waals surface area (Å²) in [6.07, 6.45) is 3.60. The highest BCUT2D eigenvalue weighted by molar-refractivity contribution is 9.10. The minimum atomic E-state index is -0.197. The summed E-state index contributed by atoms with van der Waals surface area (Å²) in [5, 5.41) is 6.52. The lowest BCUT2D eigenvalue weighted by atomic mass is 10.0. The zero-order valence-electron chi connectivity index (χ0n) is 10.2. The average molecular weight is 321 g/mol. The fourth-order valence-corrected chi connectivity index (χ4v) is 2.48. The highest BCUT2D eigenvalue weighted by Crippen LogP contribution is 2.27. The van der Waals surface area contributed by atoms with Crippen LogP contribution in [0.2, 0.25) is 0 Å². The summed E-state index contributed by atoms with van der Waals surface area (Å²) in [4.78, 5) is 18.1. The molecule has 3 N–H and O–H groups in total.